The third-order valence-electron chi connectivity index (χ3n) is 4.87. The molecule has 3 aromatic rings. The van der Waals surface area contributed by atoms with Crippen LogP contribution in [0.2, 0.25) is 0 Å². The van der Waals surface area contributed by atoms with Crippen molar-refractivity contribution in [2.45, 2.75) is 17.9 Å². The monoisotopic (exact) mass is 427 g/mol. The number of hydrogen-bond acceptors (Lipinski definition) is 5. The van der Waals surface area contributed by atoms with Gasteiger partial charge in [0.2, 0.25) is 0 Å². The molecule has 0 fully saturated rings. The number of sulfonamides is 1. The lowest BCUT2D eigenvalue weighted by Crippen LogP contribution is -2.34. The van der Waals surface area contributed by atoms with Crippen molar-refractivity contribution < 1.29 is 22.6 Å². The van der Waals surface area contributed by atoms with E-state index in [1.54, 1.807) is 80.9 Å². The van der Waals surface area contributed by atoms with Gasteiger partial charge < -0.3 is 14.2 Å². The Kier molecular flexibility index (Phi) is 6.52. The van der Waals surface area contributed by atoms with E-state index in [9.17, 15) is 8.42 Å². The predicted molar refractivity (Wildman–Crippen MR) is 117 cm³/mol. The van der Waals surface area contributed by atoms with Crippen LogP contribution >= 0.6 is 0 Å². The maximum atomic E-state index is 13.7. The lowest BCUT2D eigenvalue weighted by atomic mass is 10.1. The fraction of sp³-hybridized carbons (Fsp3) is 0.217. The first-order valence-electron chi connectivity index (χ1n) is 9.38. The first-order chi connectivity index (χ1) is 14.4. The zero-order valence-electron chi connectivity index (χ0n) is 17.4. The molecule has 0 saturated carbocycles. The van der Waals surface area contributed by atoms with Crippen molar-refractivity contribution in [1.29, 1.82) is 0 Å². The summed E-state index contributed by atoms with van der Waals surface area (Å²) in [5, 5.41) is 0. The Morgan fingerprint density at radius 2 is 1.37 bits per heavy atom. The van der Waals surface area contributed by atoms with Gasteiger partial charge in [0.05, 0.1) is 38.0 Å². The summed E-state index contributed by atoms with van der Waals surface area (Å²) in [5.41, 5.74) is 1.24. The van der Waals surface area contributed by atoms with Crippen molar-refractivity contribution in [3.63, 3.8) is 0 Å². The zero-order chi connectivity index (χ0) is 21.7. The first-order valence-corrected chi connectivity index (χ1v) is 10.8. The van der Waals surface area contributed by atoms with Crippen LogP contribution in [-0.2, 0) is 10.0 Å². The molecular weight excluding hydrogens is 402 g/mol. The van der Waals surface area contributed by atoms with Gasteiger partial charge in [0.15, 0.2) is 0 Å². The molecule has 0 aliphatic carbocycles. The van der Waals surface area contributed by atoms with Gasteiger partial charge in [-0.2, -0.15) is 0 Å². The van der Waals surface area contributed by atoms with Crippen LogP contribution in [0.1, 0.15) is 18.5 Å². The minimum Gasteiger partial charge on any atom is -0.497 e. The van der Waals surface area contributed by atoms with Crippen LogP contribution in [-0.4, -0.2) is 29.7 Å². The largest absolute Gasteiger partial charge is 0.497 e. The van der Waals surface area contributed by atoms with E-state index in [0.29, 0.717) is 28.5 Å². The Hall–Kier alpha value is -3.19. The molecule has 0 saturated heterocycles. The molecule has 158 valence electrons. The second-order valence-electron chi connectivity index (χ2n) is 6.60. The Morgan fingerprint density at radius 3 is 1.93 bits per heavy atom. The smallest absolute Gasteiger partial charge is 0.264 e. The SMILES string of the molecule is COc1ccc(S(=O)(=O)N(c2ccccc2)[C@H](C)c2cc(OC)ccc2OC)cc1. The molecule has 0 spiro atoms. The Balaban J connectivity index is 2.16. The number of anilines is 1. The van der Waals surface area contributed by atoms with Crippen molar-refractivity contribution in [3.05, 3.63) is 78.4 Å². The molecule has 0 heterocycles. The summed E-state index contributed by atoms with van der Waals surface area (Å²) in [4.78, 5) is 0.167. The number of benzene rings is 3. The van der Waals surface area contributed by atoms with Crippen LogP contribution in [0.15, 0.2) is 77.7 Å². The first kappa shape index (κ1) is 21.5. The van der Waals surface area contributed by atoms with Gasteiger partial charge in [-0.05, 0) is 61.5 Å². The van der Waals surface area contributed by atoms with Gasteiger partial charge >= 0.3 is 0 Å². The maximum Gasteiger partial charge on any atom is 0.264 e. The molecule has 6 nitrogen and oxygen atoms in total. The molecule has 0 unspecified atom stereocenters. The fourth-order valence-corrected chi connectivity index (χ4v) is 4.94. The minimum atomic E-state index is -3.89. The van der Waals surface area contributed by atoms with E-state index < -0.39 is 16.1 Å². The number of para-hydroxylation sites is 1. The Morgan fingerprint density at radius 1 is 0.767 bits per heavy atom. The van der Waals surface area contributed by atoms with Crippen LogP contribution in [0.25, 0.3) is 0 Å². The van der Waals surface area contributed by atoms with Crippen LogP contribution in [0.3, 0.4) is 0 Å². The van der Waals surface area contributed by atoms with Crippen molar-refractivity contribution in [3.8, 4) is 17.2 Å². The topological polar surface area (TPSA) is 65.1 Å². The second-order valence-corrected chi connectivity index (χ2v) is 8.41. The molecule has 3 aromatic carbocycles. The quantitative estimate of drug-likeness (QED) is 0.523. The summed E-state index contributed by atoms with van der Waals surface area (Å²) in [6.07, 6.45) is 0. The third kappa shape index (κ3) is 4.21. The van der Waals surface area contributed by atoms with Crippen LogP contribution in [0, 0.1) is 0 Å². The number of ether oxygens (including phenoxy) is 3. The highest BCUT2D eigenvalue weighted by atomic mass is 32.2. The summed E-state index contributed by atoms with van der Waals surface area (Å²) in [6.45, 7) is 1.82. The minimum absolute atomic E-state index is 0.167. The summed E-state index contributed by atoms with van der Waals surface area (Å²) >= 11 is 0. The van der Waals surface area contributed by atoms with Gasteiger partial charge in [-0.1, -0.05) is 18.2 Å². The lowest BCUT2D eigenvalue weighted by Gasteiger charge is -2.31. The molecule has 0 aliphatic heterocycles. The van der Waals surface area contributed by atoms with Crippen molar-refractivity contribution in [2.24, 2.45) is 0 Å². The zero-order valence-corrected chi connectivity index (χ0v) is 18.2. The van der Waals surface area contributed by atoms with Gasteiger partial charge in [0, 0.05) is 5.56 Å². The third-order valence-corrected chi connectivity index (χ3v) is 6.78. The number of methoxy groups -OCH3 is 3. The maximum absolute atomic E-state index is 13.7. The van der Waals surface area contributed by atoms with Crippen LogP contribution in [0.4, 0.5) is 5.69 Å². The number of hydrogen-bond donors (Lipinski definition) is 0. The van der Waals surface area contributed by atoms with Crippen molar-refractivity contribution >= 4 is 15.7 Å². The second kappa shape index (κ2) is 9.09. The van der Waals surface area contributed by atoms with Gasteiger partial charge in [-0.25, -0.2) is 8.42 Å². The van der Waals surface area contributed by atoms with Gasteiger partial charge in [-0.15, -0.1) is 0 Å². The van der Waals surface area contributed by atoms with Crippen molar-refractivity contribution in [2.75, 3.05) is 25.6 Å². The average molecular weight is 428 g/mol. The van der Waals surface area contributed by atoms with E-state index in [1.807, 2.05) is 13.0 Å². The summed E-state index contributed by atoms with van der Waals surface area (Å²) in [5.74, 6) is 1.78. The van der Waals surface area contributed by atoms with E-state index in [2.05, 4.69) is 0 Å². The average Bonchev–Trinajstić information content (AvgIpc) is 2.79. The molecule has 30 heavy (non-hydrogen) atoms. The van der Waals surface area contributed by atoms with Crippen LogP contribution < -0.4 is 18.5 Å². The van der Waals surface area contributed by atoms with Crippen LogP contribution in [0.5, 0.6) is 17.2 Å². The van der Waals surface area contributed by atoms with Crippen molar-refractivity contribution in [1.82, 2.24) is 0 Å². The molecule has 0 aromatic heterocycles. The number of nitrogens with zero attached hydrogens (tertiary/aromatic N) is 1. The lowest BCUT2D eigenvalue weighted by molar-refractivity contribution is 0.396. The Labute approximate surface area is 177 Å². The molecule has 0 bridgehead atoms. The summed E-state index contributed by atoms with van der Waals surface area (Å²) < 4.78 is 44.8. The summed E-state index contributed by atoms with van der Waals surface area (Å²) in [7, 11) is 0.776. The van der Waals surface area contributed by atoms with Gasteiger partial charge in [-0.3, -0.25) is 4.31 Å². The molecule has 0 aliphatic rings. The highest BCUT2D eigenvalue weighted by Crippen LogP contribution is 2.38. The van der Waals surface area contributed by atoms with E-state index >= 15 is 0 Å². The molecule has 0 N–H and O–H groups in total. The molecule has 0 amide bonds. The number of rotatable bonds is 8. The predicted octanol–water partition coefficient (Wildman–Crippen LogP) is 4.67. The highest BCUT2D eigenvalue weighted by Gasteiger charge is 2.32. The molecule has 1 atom stereocenters. The Bertz CT molecular complexity index is 1080. The van der Waals surface area contributed by atoms with Gasteiger partial charge in [0.1, 0.15) is 17.2 Å². The van der Waals surface area contributed by atoms with Gasteiger partial charge in [0.25, 0.3) is 10.0 Å². The van der Waals surface area contributed by atoms with E-state index in [1.165, 1.54) is 11.4 Å². The van der Waals surface area contributed by atoms with E-state index in [4.69, 9.17) is 14.2 Å². The fourth-order valence-electron chi connectivity index (χ4n) is 3.30. The van der Waals surface area contributed by atoms with E-state index in [-0.39, 0.29) is 4.90 Å². The molecule has 7 heteroatoms. The van der Waals surface area contributed by atoms with E-state index in [0.717, 1.165) is 0 Å². The normalized spacial score (nSPS) is 12.1. The standard InChI is InChI=1S/C23H25NO5S/c1-17(22-16-20(28-3)12-15-23(22)29-4)24(18-8-6-5-7-9-18)30(25,26)21-13-10-19(27-2)11-14-21/h5-17H,1-4H3/t17-/m1/s1. The highest BCUT2D eigenvalue weighted by molar-refractivity contribution is 7.92. The summed E-state index contributed by atoms with van der Waals surface area (Å²) in [6, 6.07) is 20.1. The molecule has 3 rings (SSSR count). The molecule has 0 radical (unpaired) electrons. The molecular formula is C23H25NO5S.